The van der Waals surface area contributed by atoms with Crippen LogP contribution in [0.1, 0.15) is 19.3 Å². The summed E-state index contributed by atoms with van der Waals surface area (Å²) >= 11 is 0. The normalized spacial score (nSPS) is 24.1. The van der Waals surface area contributed by atoms with E-state index in [9.17, 15) is 10.4 Å². The fourth-order valence-corrected chi connectivity index (χ4v) is 1.42. The lowest BCUT2D eigenvalue weighted by Gasteiger charge is -2.38. The molecule has 1 aliphatic carbocycles. The molecule has 0 amide bonds. The Morgan fingerprint density at radius 2 is 2.08 bits per heavy atom. The third-order valence-electron chi connectivity index (χ3n) is 2.28. The van der Waals surface area contributed by atoms with Crippen molar-refractivity contribution in [2.75, 3.05) is 14.1 Å². The van der Waals surface area contributed by atoms with E-state index in [2.05, 4.69) is 0 Å². The SMILES string of the molecule is CN([O-])C1=CCC(N(C)[O-])CC1. The van der Waals surface area contributed by atoms with Crippen LogP contribution in [0.2, 0.25) is 0 Å². The Kier molecular flexibility index (Phi) is 3.08. The maximum atomic E-state index is 10.9. The first kappa shape index (κ1) is 9.51. The van der Waals surface area contributed by atoms with Gasteiger partial charge in [-0.1, -0.05) is 6.08 Å². The molecule has 4 nitrogen and oxygen atoms in total. The monoisotopic (exact) mass is 170 g/mol. The predicted octanol–water partition coefficient (Wildman–Crippen LogP) is 1.28. The summed E-state index contributed by atoms with van der Waals surface area (Å²) in [4.78, 5) is 0. The molecule has 0 saturated heterocycles. The molecule has 0 spiro atoms. The number of hydrogen-bond acceptors (Lipinski definition) is 4. The minimum atomic E-state index is 0.0636. The largest absolute Gasteiger partial charge is 0.785 e. The Bertz CT molecular complexity index is 178. The predicted molar refractivity (Wildman–Crippen MR) is 48.0 cm³/mol. The molecule has 0 aromatic carbocycles. The zero-order valence-electron chi connectivity index (χ0n) is 7.49. The molecule has 12 heavy (non-hydrogen) atoms. The van der Waals surface area contributed by atoms with Gasteiger partial charge in [0.1, 0.15) is 0 Å². The quantitative estimate of drug-likeness (QED) is 0.586. The molecule has 0 aromatic rings. The third kappa shape index (κ3) is 2.20. The van der Waals surface area contributed by atoms with E-state index in [-0.39, 0.29) is 6.04 Å². The molecule has 70 valence electrons. The molecule has 1 atom stereocenters. The summed E-state index contributed by atoms with van der Waals surface area (Å²) < 4.78 is 0. The van der Waals surface area contributed by atoms with E-state index in [1.165, 1.54) is 14.1 Å². The standard InChI is InChI=1S/C8H14N2O2/c1-9(11)7-3-5-8(6-4-7)10(2)12/h3,8H,4-6H2,1-2H3/q-2. The Morgan fingerprint density at radius 3 is 2.42 bits per heavy atom. The van der Waals surface area contributed by atoms with Gasteiger partial charge in [-0.05, 0) is 39.1 Å². The fourth-order valence-electron chi connectivity index (χ4n) is 1.42. The second kappa shape index (κ2) is 3.89. The smallest absolute Gasteiger partial charge is 0.00114 e. The molecule has 0 heterocycles. The average Bonchev–Trinajstić information content (AvgIpc) is 2.04. The van der Waals surface area contributed by atoms with Crippen LogP contribution in [0, 0.1) is 10.4 Å². The van der Waals surface area contributed by atoms with Crippen LogP contribution < -0.4 is 0 Å². The zero-order valence-corrected chi connectivity index (χ0v) is 7.49. The van der Waals surface area contributed by atoms with Gasteiger partial charge < -0.3 is 20.5 Å². The molecule has 0 radical (unpaired) electrons. The molecule has 0 N–H and O–H groups in total. The zero-order chi connectivity index (χ0) is 9.14. The van der Waals surface area contributed by atoms with Crippen molar-refractivity contribution in [1.82, 2.24) is 10.1 Å². The topological polar surface area (TPSA) is 52.6 Å². The number of nitrogens with zero attached hydrogens (tertiary/aromatic N) is 2. The van der Waals surface area contributed by atoms with Crippen molar-refractivity contribution < 1.29 is 0 Å². The maximum Gasteiger partial charge on any atom is 0.00114 e. The Balaban J connectivity index is 2.47. The minimum Gasteiger partial charge on any atom is -0.785 e. The van der Waals surface area contributed by atoms with Gasteiger partial charge in [-0.15, -0.1) is 0 Å². The van der Waals surface area contributed by atoms with Crippen molar-refractivity contribution in [2.45, 2.75) is 25.3 Å². The first-order chi connectivity index (χ1) is 5.61. The van der Waals surface area contributed by atoms with Gasteiger partial charge in [0.25, 0.3) is 0 Å². The molecule has 1 rings (SSSR count). The summed E-state index contributed by atoms with van der Waals surface area (Å²) in [5.41, 5.74) is 0.799. The highest BCUT2D eigenvalue weighted by Crippen LogP contribution is 2.22. The highest BCUT2D eigenvalue weighted by molar-refractivity contribution is 5.07. The molecule has 1 unspecified atom stereocenters. The Labute approximate surface area is 72.6 Å². The van der Waals surface area contributed by atoms with E-state index in [4.69, 9.17) is 0 Å². The van der Waals surface area contributed by atoms with E-state index in [0.29, 0.717) is 6.42 Å². The second-order valence-electron chi connectivity index (χ2n) is 3.17. The summed E-state index contributed by atoms with van der Waals surface area (Å²) in [5.74, 6) is 0. The minimum absolute atomic E-state index is 0.0636. The van der Waals surface area contributed by atoms with Crippen LogP contribution in [-0.4, -0.2) is 30.3 Å². The van der Waals surface area contributed by atoms with Gasteiger partial charge in [-0.2, -0.15) is 0 Å². The Hall–Kier alpha value is -0.580. The van der Waals surface area contributed by atoms with E-state index in [1.807, 2.05) is 6.08 Å². The van der Waals surface area contributed by atoms with Crippen molar-refractivity contribution in [3.8, 4) is 0 Å². The van der Waals surface area contributed by atoms with E-state index in [1.54, 1.807) is 0 Å². The molecule has 0 fully saturated rings. The molecular weight excluding hydrogens is 156 g/mol. The molecule has 0 bridgehead atoms. The Morgan fingerprint density at radius 1 is 1.42 bits per heavy atom. The number of hydroxylamine groups is 4. The lowest BCUT2D eigenvalue weighted by molar-refractivity contribution is 0.295. The first-order valence-electron chi connectivity index (χ1n) is 4.11. The van der Waals surface area contributed by atoms with Crippen LogP contribution in [0.25, 0.3) is 0 Å². The van der Waals surface area contributed by atoms with Crippen molar-refractivity contribution in [1.29, 1.82) is 0 Å². The molecule has 1 aliphatic rings. The summed E-state index contributed by atoms with van der Waals surface area (Å²) in [7, 11) is 3.03. The maximum absolute atomic E-state index is 10.9. The average molecular weight is 170 g/mol. The lowest BCUT2D eigenvalue weighted by atomic mass is 9.99. The molecular formula is C8H14N2O2-2. The van der Waals surface area contributed by atoms with Gasteiger partial charge >= 0.3 is 0 Å². The summed E-state index contributed by atoms with van der Waals surface area (Å²) in [6, 6.07) is 0.0636. The van der Waals surface area contributed by atoms with E-state index < -0.39 is 0 Å². The van der Waals surface area contributed by atoms with Gasteiger partial charge in [0.15, 0.2) is 0 Å². The van der Waals surface area contributed by atoms with Crippen LogP contribution in [0.3, 0.4) is 0 Å². The van der Waals surface area contributed by atoms with E-state index >= 15 is 0 Å². The van der Waals surface area contributed by atoms with Crippen molar-refractivity contribution in [3.63, 3.8) is 0 Å². The molecule has 0 aromatic heterocycles. The van der Waals surface area contributed by atoms with Crippen LogP contribution in [0.15, 0.2) is 11.8 Å². The van der Waals surface area contributed by atoms with Crippen LogP contribution in [-0.2, 0) is 0 Å². The van der Waals surface area contributed by atoms with Crippen molar-refractivity contribution >= 4 is 0 Å². The molecule has 0 saturated carbocycles. The number of hydrogen-bond donors (Lipinski definition) is 0. The summed E-state index contributed by atoms with van der Waals surface area (Å²) in [6.45, 7) is 0. The van der Waals surface area contributed by atoms with Crippen molar-refractivity contribution in [3.05, 3.63) is 22.2 Å². The van der Waals surface area contributed by atoms with Gasteiger partial charge in [0.2, 0.25) is 0 Å². The van der Waals surface area contributed by atoms with Crippen LogP contribution in [0.4, 0.5) is 0 Å². The van der Waals surface area contributed by atoms with Crippen LogP contribution >= 0.6 is 0 Å². The molecule has 0 aliphatic heterocycles. The third-order valence-corrected chi connectivity index (χ3v) is 2.28. The first-order valence-corrected chi connectivity index (χ1v) is 4.11. The fraction of sp³-hybridized carbons (Fsp3) is 0.750. The highest BCUT2D eigenvalue weighted by Gasteiger charge is 2.13. The van der Waals surface area contributed by atoms with Gasteiger partial charge in [-0.3, -0.25) is 0 Å². The van der Waals surface area contributed by atoms with Crippen LogP contribution in [0.5, 0.6) is 0 Å². The lowest BCUT2D eigenvalue weighted by Crippen LogP contribution is -2.29. The number of allylic oxidation sites excluding steroid dienone is 1. The summed E-state index contributed by atoms with van der Waals surface area (Å²) in [6.07, 6.45) is 4.06. The summed E-state index contributed by atoms with van der Waals surface area (Å²) in [5, 5.41) is 23.5. The highest BCUT2D eigenvalue weighted by atomic mass is 16.5. The van der Waals surface area contributed by atoms with Crippen molar-refractivity contribution in [2.24, 2.45) is 0 Å². The van der Waals surface area contributed by atoms with Gasteiger partial charge in [-0.25, -0.2) is 0 Å². The molecule has 4 heteroatoms. The number of rotatable bonds is 2. The van der Waals surface area contributed by atoms with E-state index in [0.717, 1.165) is 28.7 Å². The second-order valence-corrected chi connectivity index (χ2v) is 3.17. The van der Waals surface area contributed by atoms with Gasteiger partial charge in [0, 0.05) is 6.04 Å². The van der Waals surface area contributed by atoms with Gasteiger partial charge in [0.05, 0.1) is 0 Å².